The topological polar surface area (TPSA) is 51.2 Å². The lowest BCUT2D eigenvalue weighted by Gasteiger charge is -2.12. The molecule has 1 amide bonds. The van der Waals surface area contributed by atoms with Crippen LogP contribution in [0.15, 0.2) is 18.5 Å². The molecule has 0 unspecified atom stereocenters. The van der Waals surface area contributed by atoms with Crippen molar-refractivity contribution in [1.82, 2.24) is 4.98 Å². The Bertz CT molecular complexity index is 463. The lowest BCUT2D eigenvalue weighted by atomic mass is 10.2. The first kappa shape index (κ1) is 16.1. The van der Waals surface area contributed by atoms with Crippen molar-refractivity contribution in [3.8, 4) is 0 Å². The first-order valence-corrected chi connectivity index (χ1v) is 5.74. The van der Waals surface area contributed by atoms with Gasteiger partial charge in [-0.25, -0.2) is 4.79 Å². The number of aromatic nitrogens is 1. The van der Waals surface area contributed by atoms with E-state index in [2.05, 4.69) is 9.72 Å². The summed E-state index contributed by atoms with van der Waals surface area (Å²) in [5.74, 6) is 0. The number of rotatable bonds is 2. The van der Waals surface area contributed by atoms with Gasteiger partial charge in [0.05, 0.1) is 17.4 Å². The van der Waals surface area contributed by atoms with Crippen LogP contribution in [0.5, 0.6) is 0 Å². The van der Waals surface area contributed by atoms with Crippen molar-refractivity contribution in [2.24, 2.45) is 0 Å². The average Bonchev–Trinajstić information content (AvgIpc) is 2.25. The summed E-state index contributed by atoms with van der Waals surface area (Å²) in [4.78, 5) is 14.5. The van der Waals surface area contributed by atoms with Crippen LogP contribution in [0.3, 0.4) is 0 Å². The number of ether oxygens (including phenoxy) is 1. The van der Waals surface area contributed by atoms with Crippen LogP contribution in [0.25, 0.3) is 0 Å². The summed E-state index contributed by atoms with van der Waals surface area (Å²) in [5, 5.41) is 2.03. The van der Waals surface area contributed by atoms with E-state index in [-0.39, 0.29) is 5.69 Å². The van der Waals surface area contributed by atoms with E-state index >= 15 is 0 Å². The maximum absolute atomic E-state index is 12.4. The monoisotopic (exact) mass is 336 g/mol. The van der Waals surface area contributed by atoms with Crippen LogP contribution in [0, 0.1) is 0 Å². The highest BCUT2D eigenvalue weighted by molar-refractivity contribution is 6.67. The largest absolute Gasteiger partial charge is 0.445 e. The molecule has 0 aromatic carbocycles. The fraction of sp³-hybridized carbons (Fsp3) is 0.333. The van der Waals surface area contributed by atoms with E-state index < -0.39 is 28.2 Å². The van der Waals surface area contributed by atoms with E-state index in [1.165, 1.54) is 0 Å². The number of nitrogens with zero attached hydrogens (tertiary/aromatic N) is 1. The number of hydrogen-bond acceptors (Lipinski definition) is 3. The molecule has 1 N–H and O–H groups in total. The average molecular weight is 338 g/mol. The van der Waals surface area contributed by atoms with Crippen molar-refractivity contribution in [2.45, 2.75) is 9.97 Å². The number of anilines is 1. The third-order valence-electron chi connectivity index (χ3n) is 1.68. The molecule has 0 radical (unpaired) electrons. The minimum atomic E-state index is -4.56. The Morgan fingerprint density at radius 3 is 2.47 bits per heavy atom. The Balaban J connectivity index is 2.65. The standard InChI is InChI=1S/C9H6Cl3F3N2O2/c10-8(11,12)4-19-7(18)17-6-1-5(2-16-3-6)9(13,14)15/h1-3H,4H2,(H,17,18). The van der Waals surface area contributed by atoms with Gasteiger partial charge in [0.25, 0.3) is 0 Å². The Kier molecular flexibility index (Phi) is 5.11. The van der Waals surface area contributed by atoms with Gasteiger partial charge in [0.2, 0.25) is 3.79 Å². The zero-order valence-electron chi connectivity index (χ0n) is 8.97. The highest BCUT2D eigenvalue weighted by Gasteiger charge is 2.31. The van der Waals surface area contributed by atoms with Gasteiger partial charge in [-0.05, 0) is 6.07 Å². The number of nitrogens with one attached hydrogen (secondary N) is 1. The van der Waals surface area contributed by atoms with Crippen molar-refractivity contribution >= 4 is 46.6 Å². The molecule has 1 aromatic heterocycles. The van der Waals surface area contributed by atoms with E-state index in [9.17, 15) is 18.0 Å². The quantitative estimate of drug-likeness (QED) is 0.829. The summed E-state index contributed by atoms with van der Waals surface area (Å²) in [7, 11) is 0. The summed E-state index contributed by atoms with van der Waals surface area (Å²) < 4.78 is 39.8. The molecular formula is C9H6Cl3F3N2O2. The van der Waals surface area contributed by atoms with E-state index in [1.54, 1.807) is 0 Å². The summed E-state index contributed by atoms with van der Waals surface area (Å²) >= 11 is 16.0. The van der Waals surface area contributed by atoms with Gasteiger partial charge in [0.15, 0.2) is 0 Å². The van der Waals surface area contributed by atoms with Crippen molar-refractivity contribution in [1.29, 1.82) is 0 Å². The number of carbonyl (C=O) groups is 1. The number of alkyl halides is 6. The highest BCUT2D eigenvalue weighted by atomic mass is 35.6. The zero-order chi connectivity index (χ0) is 14.7. The predicted molar refractivity (Wildman–Crippen MR) is 64.5 cm³/mol. The molecule has 106 valence electrons. The van der Waals surface area contributed by atoms with Crippen LogP contribution in [0.4, 0.5) is 23.7 Å². The summed E-state index contributed by atoms with van der Waals surface area (Å²) in [5.41, 5.74) is -1.20. The van der Waals surface area contributed by atoms with Crippen LogP contribution >= 0.6 is 34.8 Å². The number of pyridine rings is 1. The molecule has 10 heteroatoms. The van der Waals surface area contributed by atoms with Crippen LogP contribution in [0.1, 0.15) is 5.56 Å². The van der Waals surface area contributed by atoms with E-state index in [0.29, 0.717) is 12.3 Å². The van der Waals surface area contributed by atoms with Gasteiger partial charge in [0, 0.05) is 6.20 Å². The number of hydrogen-bond donors (Lipinski definition) is 1. The van der Waals surface area contributed by atoms with Gasteiger partial charge in [-0.1, -0.05) is 34.8 Å². The van der Waals surface area contributed by atoms with Crippen LogP contribution in [0.2, 0.25) is 0 Å². The fourth-order valence-corrected chi connectivity index (χ4v) is 1.13. The van der Waals surface area contributed by atoms with Gasteiger partial charge in [-0.3, -0.25) is 10.3 Å². The third kappa shape index (κ3) is 6.17. The Morgan fingerprint density at radius 2 is 1.95 bits per heavy atom. The highest BCUT2D eigenvalue weighted by Crippen LogP contribution is 2.30. The van der Waals surface area contributed by atoms with Crippen molar-refractivity contribution < 1.29 is 22.7 Å². The summed E-state index contributed by atoms with van der Waals surface area (Å²) in [6, 6.07) is 0.698. The number of amides is 1. The van der Waals surface area contributed by atoms with Crippen molar-refractivity contribution in [2.75, 3.05) is 11.9 Å². The SMILES string of the molecule is O=C(Nc1cncc(C(F)(F)F)c1)OCC(Cl)(Cl)Cl. The van der Waals surface area contributed by atoms with Gasteiger partial charge in [-0.2, -0.15) is 13.2 Å². The summed E-state index contributed by atoms with van der Waals surface area (Å²) in [6.07, 6.45) is -3.98. The van der Waals surface area contributed by atoms with Gasteiger partial charge in [-0.15, -0.1) is 0 Å². The Labute approximate surface area is 120 Å². The second kappa shape index (κ2) is 6.02. The molecule has 0 bridgehead atoms. The lowest BCUT2D eigenvalue weighted by molar-refractivity contribution is -0.137. The van der Waals surface area contributed by atoms with Gasteiger partial charge >= 0.3 is 12.3 Å². The smallest absolute Gasteiger partial charge is 0.417 e. The molecular weight excluding hydrogens is 331 g/mol. The fourth-order valence-electron chi connectivity index (χ4n) is 0.965. The van der Waals surface area contributed by atoms with E-state index in [0.717, 1.165) is 6.20 Å². The molecule has 1 rings (SSSR count). The second-order valence-corrected chi connectivity index (χ2v) is 5.79. The number of halogens is 6. The van der Waals surface area contributed by atoms with Crippen LogP contribution < -0.4 is 5.32 Å². The van der Waals surface area contributed by atoms with Gasteiger partial charge < -0.3 is 4.74 Å². The Morgan fingerprint density at radius 1 is 1.32 bits per heavy atom. The molecule has 0 aliphatic heterocycles. The van der Waals surface area contributed by atoms with Crippen LogP contribution in [-0.4, -0.2) is 21.5 Å². The molecule has 19 heavy (non-hydrogen) atoms. The van der Waals surface area contributed by atoms with E-state index in [1.807, 2.05) is 5.32 Å². The molecule has 0 saturated heterocycles. The molecule has 0 fully saturated rings. The normalized spacial score (nSPS) is 12.1. The molecule has 0 atom stereocenters. The third-order valence-corrected chi connectivity index (χ3v) is 2.01. The van der Waals surface area contributed by atoms with E-state index in [4.69, 9.17) is 34.8 Å². The molecule has 4 nitrogen and oxygen atoms in total. The summed E-state index contributed by atoms with van der Waals surface area (Å²) in [6.45, 7) is -0.546. The molecule has 1 aromatic rings. The first-order chi connectivity index (χ1) is 8.58. The lowest BCUT2D eigenvalue weighted by Crippen LogP contribution is -2.21. The second-order valence-electron chi connectivity index (χ2n) is 3.28. The predicted octanol–water partition coefficient (Wildman–Crippen LogP) is 4.02. The van der Waals surface area contributed by atoms with Crippen molar-refractivity contribution in [3.05, 3.63) is 24.0 Å². The molecule has 0 aliphatic rings. The van der Waals surface area contributed by atoms with Gasteiger partial charge in [0.1, 0.15) is 6.61 Å². The molecule has 0 saturated carbocycles. The first-order valence-electron chi connectivity index (χ1n) is 4.61. The van der Waals surface area contributed by atoms with Crippen molar-refractivity contribution in [3.63, 3.8) is 0 Å². The maximum Gasteiger partial charge on any atom is 0.417 e. The molecule has 1 heterocycles. The molecule has 0 aliphatic carbocycles. The minimum absolute atomic E-state index is 0.191. The number of carbonyl (C=O) groups excluding carboxylic acids is 1. The molecule has 0 spiro atoms. The zero-order valence-corrected chi connectivity index (χ0v) is 11.2. The Hall–Kier alpha value is -0.920. The minimum Gasteiger partial charge on any atom is -0.445 e. The van der Waals surface area contributed by atoms with Crippen LogP contribution in [-0.2, 0) is 10.9 Å². The maximum atomic E-state index is 12.4.